The summed E-state index contributed by atoms with van der Waals surface area (Å²) >= 11 is 0. The summed E-state index contributed by atoms with van der Waals surface area (Å²) in [5, 5.41) is 12.2. The highest BCUT2D eigenvalue weighted by Gasteiger charge is 2.34. The molecule has 3 amide bonds. The van der Waals surface area contributed by atoms with E-state index in [1.54, 1.807) is 26.7 Å². The maximum Gasteiger partial charge on any atom is 0.253 e. The molecule has 4 heterocycles. The van der Waals surface area contributed by atoms with Gasteiger partial charge < -0.3 is 15.1 Å². The highest BCUT2D eigenvalue weighted by molar-refractivity contribution is 5.95. The molecule has 228 valence electrons. The summed E-state index contributed by atoms with van der Waals surface area (Å²) in [6.07, 6.45) is 7.20. The molecule has 0 unspecified atom stereocenters. The Hall–Kier alpha value is -4.80. The Labute approximate surface area is 256 Å². The van der Waals surface area contributed by atoms with Crippen LogP contribution in [0.1, 0.15) is 65.7 Å². The molecule has 1 saturated heterocycles. The van der Waals surface area contributed by atoms with Gasteiger partial charge in [0.15, 0.2) is 0 Å². The number of hydrogen-bond acceptors (Lipinski definition) is 6. The lowest BCUT2D eigenvalue weighted by atomic mass is 9.99. The zero-order valence-electron chi connectivity index (χ0n) is 25.0. The molecule has 1 N–H and O–H groups in total. The van der Waals surface area contributed by atoms with E-state index in [1.807, 2.05) is 72.4 Å². The fourth-order valence-corrected chi connectivity index (χ4v) is 6.20. The topological polar surface area (TPSA) is 118 Å². The van der Waals surface area contributed by atoms with Crippen LogP contribution >= 0.6 is 0 Å². The van der Waals surface area contributed by atoms with Gasteiger partial charge in [0, 0.05) is 44.0 Å². The van der Waals surface area contributed by atoms with Gasteiger partial charge in [0.05, 0.1) is 18.3 Å². The fourth-order valence-electron chi connectivity index (χ4n) is 6.20. The SMILES string of the molecule is Cc1nc2n(n1)CCN(C(=O)c1cccc(-n3cccn3)c1)CCCC(=O)N1CCCC[C@H]1C(=O)N[C@@H]2Cc1ccccc1. The van der Waals surface area contributed by atoms with Gasteiger partial charge >= 0.3 is 0 Å². The minimum atomic E-state index is -0.530. The van der Waals surface area contributed by atoms with Gasteiger partial charge in [-0.05, 0) is 68.9 Å². The zero-order valence-corrected chi connectivity index (χ0v) is 25.0. The number of carbonyl (C=O) groups excluding carboxylic acids is 3. The molecule has 11 heteroatoms. The summed E-state index contributed by atoms with van der Waals surface area (Å²) in [4.78, 5) is 49.5. The molecule has 2 aromatic heterocycles. The van der Waals surface area contributed by atoms with Crippen molar-refractivity contribution in [3.05, 3.63) is 95.8 Å². The molecule has 0 bridgehead atoms. The second-order valence-corrected chi connectivity index (χ2v) is 11.5. The molecule has 0 radical (unpaired) electrons. The summed E-state index contributed by atoms with van der Waals surface area (Å²) in [5.74, 6) is 0.905. The van der Waals surface area contributed by atoms with Gasteiger partial charge in [-0.15, -0.1) is 0 Å². The molecule has 4 aromatic rings. The van der Waals surface area contributed by atoms with Gasteiger partial charge in [-0.25, -0.2) is 14.3 Å². The van der Waals surface area contributed by atoms with E-state index in [9.17, 15) is 14.4 Å². The molecule has 44 heavy (non-hydrogen) atoms. The lowest BCUT2D eigenvalue weighted by Gasteiger charge is -2.36. The number of benzene rings is 2. The van der Waals surface area contributed by atoms with Crippen molar-refractivity contribution in [1.29, 1.82) is 0 Å². The van der Waals surface area contributed by atoms with Gasteiger partial charge in [0.25, 0.3) is 5.91 Å². The van der Waals surface area contributed by atoms with Crippen molar-refractivity contribution in [2.24, 2.45) is 0 Å². The fraction of sp³-hybridized carbons (Fsp3) is 0.394. The summed E-state index contributed by atoms with van der Waals surface area (Å²) in [7, 11) is 0. The highest BCUT2D eigenvalue weighted by atomic mass is 16.2. The number of carbonyl (C=O) groups is 3. The number of aryl methyl sites for hydroxylation is 1. The highest BCUT2D eigenvalue weighted by Crippen LogP contribution is 2.23. The number of rotatable bonds is 4. The van der Waals surface area contributed by atoms with Crippen molar-refractivity contribution in [2.75, 3.05) is 19.6 Å². The van der Waals surface area contributed by atoms with Crippen molar-refractivity contribution in [2.45, 2.75) is 64.1 Å². The molecule has 2 aromatic carbocycles. The van der Waals surface area contributed by atoms with Crippen molar-refractivity contribution in [3.63, 3.8) is 0 Å². The second kappa shape index (κ2) is 13.2. The van der Waals surface area contributed by atoms with Crippen LogP contribution in [0.2, 0.25) is 0 Å². The molecule has 2 atom stereocenters. The Balaban J connectivity index is 1.33. The third kappa shape index (κ3) is 6.56. The molecule has 0 saturated carbocycles. The van der Waals surface area contributed by atoms with Crippen molar-refractivity contribution in [1.82, 2.24) is 39.7 Å². The average Bonchev–Trinajstić information content (AvgIpc) is 3.72. The molecular weight excluding hydrogens is 556 g/mol. The maximum absolute atomic E-state index is 13.9. The van der Waals surface area contributed by atoms with Crippen LogP contribution in [0, 0.1) is 6.92 Å². The lowest BCUT2D eigenvalue weighted by molar-refractivity contribution is -0.142. The van der Waals surface area contributed by atoms with E-state index in [2.05, 4.69) is 15.5 Å². The molecule has 6 rings (SSSR count). The molecular formula is C33H38N8O3. The third-order valence-corrected chi connectivity index (χ3v) is 8.39. The van der Waals surface area contributed by atoms with Crippen LogP contribution in [0.3, 0.4) is 0 Å². The number of hydrogen-bond donors (Lipinski definition) is 1. The zero-order chi connectivity index (χ0) is 30.5. The molecule has 0 aliphatic carbocycles. The molecule has 11 nitrogen and oxygen atoms in total. The number of nitrogens with one attached hydrogen (secondary N) is 1. The van der Waals surface area contributed by atoms with Crippen LogP contribution in [0.15, 0.2) is 73.1 Å². The Morgan fingerprint density at radius 2 is 1.82 bits per heavy atom. The normalized spacial score (nSPS) is 19.9. The second-order valence-electron chi connectivity index (χ2n) is 11.5. The van der Waals surface area contributed by atoms with Gasteiger partial charge in [-0.2, -0.15) is 10.2 Å². The van der Waals surface area contributed by atoms with Gasteiger partial charge in [-0.1, -0.05) is 36.4 Å². The standard InChI is InChI=1S/C33H38N8O3/c1-24-35-31-28(22-25-10-3-2-4-11-25)36-32(43)29-14-5-6-18-39(29)30(42)15-8-17-38(20-21-41(31)37-24)33(44)26-12-7-13-27(23-26)40-19-9-16-34-40/h2-4,7,9-13,16,19,23,28-29H,5-6,8,14-15,17-18,20-22H2,1H3,(H,36,43)/t28-,29+/m1/s1. The van der Waals surface area contributed by atoms with Crippen LogP contribution in [0.25, 0.3) is 5.69 Å². The number of amides is 3. The Bertz CT molecular complexity index is 1600. The van der Waals surface area contributed by atoms with Crippen molar-refractivity contribution in [3.8, 4) is 5.69 Å². The first-order valence-corrected chi connectivity index (χ1v) is 15.4. The maximum atomic E-state index is 13.9. The quantitative estimate of drug-likeness (QED) is 0.387. The number of fused-ring (bicyclic) bond motifs is 2. The van der Waals surface area contributed by atoms with E-state index in [-0.39, 0.29) is 24.1 Å². The van der Waals surface area contributed by atoms with E-state index >= 15 is 0 Å². The van der Waals surface area contributed by atoms with Crippen LogP contribution in [-0.2, 0) is 22.6 Å². The number of piperidine rings is 1. The Kier molecular flexibility index (Phi) is 8.81. The summed E-state index contributed by atoms with van der Waals surface area (Å²) in [5.41, 5.74) is 2.39. The van der Waals surface area contributed by atoms with Crippen molar-refractivity contribution < 1.29 is 14.4 Å². The molecule has 0 spiro atoms. The number of nitrogens with zero attached hydrogens (tertiary/aromatic N) is 7. The minimum absolute atomic E-state index is 0.0476. The number of aromatic nitrogens is 5. The lowest BCUT2D eigenvalue weighted by Crippen LogP contribution is -2.53. The minimum Gasteiger partial charge on any atom is -0.344 e. The largest absolute Gasteiger partial charge is 0.344 e. The molecule has 1 fully saturated rings. The molecule has 2 aliphatic heterocycles. The van der Waals surface area contributed by atoms with Crippen LogP contribution in [-0.4, -0.2) is 77.7 Å². The van der Waals surface area contributed by atoms with Crippen LogP contribution < -0.4 is 5.32 Å². The van der Waals surface area contributed by atoms with Crippen LogP contribution in [0.4, 0.5) is 0 Å². The van der Waals surface area contributed by atoms with E-state index in [0.29, 0.717) is 62.7 Å². The third-order valence-electron chi connectivity index (χ3n) is 8.39. The first kappa shape index (κ1) is 29.3. The summed E-state index contributed by atoms with van der Waals surface area (Å²) in [6.45, 7) is 3.55. The Morgan fingerprint density at radius 1 is 0.955 bits per heavy atom. The Morgan fingerprint density at radius 3 is 2.64 bits per heavy atom. The van der Waals surface area contributed by atoms with Gasteiger partial charge in [0.2, 0.25) is 11.8 Å². The van der Waals surface area contributed by atoms with E-state index in [4.69, 9.17) is 4.98 Å². The molecule has 2 aliphatic rings. The van der Waals surface area contributed by atoms with Gasteiger partial charge in [0.1, 0.15) is 17.7 Å². The summed E-state index contributed by atoms with van der Waals surface area (Å²) in [6, 6.07) is 18.2. The summed E-state index contributed by atoms with van der Waals surface area (Å²) < 4.78 is 3.54. The smallest absolute Gasteiger partial charge is 0.253 e. The first-order chi connectivity index (χ1) is 21.5. The average molecular weight is 595 g/mol. The van der Waals surface area contributed by atoms with E-state index in [1.165, 1.54) is 0 Å². The monoisotopic (exact) mass is 594 g/mol. The van der Waals surface area contributed by atoms with E-state index in [0.717, 1.165) is 24.1 Å². The van der Waals surface area contributed by atoms with E-state index < -0.39 is 12.1 Å². The van der Waals surface area contributed by atoms with Gasteiger partial charge in [-0.3, -0.25) is 14.4 Å². The predicted molar refractivity (Wildman–Crippen MR) is 164 cm³/mol. The van der Waals surface area contributed by atoms with Crippen molar-refractivity contribution >= 4 is 17.7 Å². The first-order valence-electron chi connectivity index (χ1n) is 15.4. The van der Waals surface area contributed by atoms with Crippen LogP contribution in [0.5, 0.6) is 0 Å². The predicted octanol–water partition coefficient (Wildman–Crippen LogP) is 3.49.